The molecule has 0 aromatic rings. The number of likely N-dealkylation sites (N-methyl/N-ethyl adjacent to an activating group) is 1. The third-order valence-electron chi connectivity index (χ3n) is 5.24. The van der Waals surface area contributed by atoms with Gasteiger partial charge in [-0.1, -0.05) is 0 Å². The maximum absolute atomic E-state index is 12.4. The molecule has 0 N–H and O–H groups in total. The lowest BCUT2D eigenvalue weighted by Gasteiger charge is -2.39. The summed E-state index contributed by atoms with van der Waals surface area (Å²) in [6, 6.07) is 0. The van der Waals surface area contributed by atoms with E-state index < -0.39 is 0 Å². The Morgan fingerprint density at radius 3 is 2.45 bits per heavy atom. The molecule has 3 saturated heterocycles. The summed E-state index contributed by atoms with van der Waals surface area (Å²) in [5.74, 6) is 0.325. The van der Waals surface area contributed by atoms with E-state index in [1.54, 1.807) is 19.0 Å². The van der Waals surface area contributed by atoms with Gasteiger partial charge in [-0.25, -0.2) is 0 Å². The van der Waals surface area contributed by atoms with Crippen molar-refractivity contribution in [3.63, 3.8) is 0 Å². The first-order valence-corrected chi connectivity index (χ1v) is 8.26. The van der Waals surface area contributed by atoms with Crippen molar-refractivity contribution < 1.29 is 19.1 Å². The smallest absolute Gasteiger partial charge is 0.251 e. The second kappa shape index (κ2) is 6.16. The number of likely N-dealkylation sites (tertiary alicyclic amines) is 1. The summed E-state index contributed by atoms with van der Waals surface area (Å²) in [6.07, 6.45) is 3.93. The second-order valence-electron chi connectivity index (χ2n) is 6.95. The van der Waals surface area contributed by atoms with Gasteiger partial charge in [-0.3, -0.25) is 9.59 Å². The average molecular weight is 310 g/mol. The predicted octanol–water partition coefficient (Wildman–Crippen LogP) is 0.651. The Bertz CT molecular complexity index is 437. The van der Waals surface area contributed by atoms with Crippen molar-refractivity contribution in [3.8, 4) is 0 Å². The van der Waals surface area contributed by atoms with Gasteiger partial charge in [0.25, 0.3) is 5.91 Å². The molecule has 2 amide bonds. The molecule has 0 aromatic heterocycles. The van der Waals surface area contributed by atoms with Crippen LogP contribution in [-0.4, -0.2) is 73.7 Å². The number of rotatable bonds is 2. The van der Waals surface area contributed by atoms with Gasteiger partial charge in [-0.05, 0) is 32.1 Å². The van der Waals surface area contributed by atoms with E-state index in [4.69, 9.17) is 9.47 Å². The number of nitrogens with zero attached hydrogens (tertiary/aromatic N) is 2. The van der Waals surface area contributed by atoms with E-state index in [0.29, 0.717) is 13.2 Å². The summed E-state index contributed by atoms with van der Waals surface area (Å²) < 4.78 is 11.4. The minimum absolute atomic E-state index is 0.0432. The van der Waals surface area contributed by atoms with Gasteiger partial charge in [0.05, 0.1) is 18.1 Å². The number of carbonyl (C=O) groups is 2. The molecule has 2 unspecified atom stereocenters. The first-order chi connectivity index (χ1) is 10.5. The van der Waals surface area contributed by atoms with Gasteiger partial charge in [-0.2, -0.15) is 0 Å². The van der Waals surface area contributed by atoms with Gasteiger partial charge in [0, 0.05) is 33.8 Å². The highest BCUT2D eigenvalue weighted by molar-refractivity contribution is 5.81. The van der Waals surface area contributed by atoms with Gasteiger partial charge in [0.1, 0.15) is 6.10 Å². The van der Waals surface area contributed by atoms with Crippen LogP contribution in [0.5, 0.6) is 0 Å². The Morgan fingerprint density at radius 2 is 1.86 bits per heavy atom. The van der Waals surface area contributed by atoms with Gasteiger partial charge < -0.3 is 19.3 Å². The maximum atomic E-state index is 12.4. The molecule has 22 heavy (non-hydrogen) atoms. The molecule has 1 spiro atoms. The lowest BCUT2D eigenvalue weighted by atomic mass is 9.88. The molecule has 0 aliphatic carbocycles. The standard InChI is InChI=1S/C16H26N2O4/c1-17(2)15(20)13-3-5-16(22-13)6-8-18(9-7-16)14(19)12-4-10-21-11-12/h12-13H,3-11H2,1-2H3. The quantitative estimate of drug-likeness (QED) is 0.751. The Labute approximate surface area is 131 Å². The SMILES string of the molecule is CN(C)C(=O)C1CCC2(CCN(C(=O)C3CCOC3)CC2)O1. The molecule has 0 bridgehead atoms. The molecule has 0 saturated carbocycles. The van der Waals surface area contributed by atoms with E-state index >= 15 is 0 Å². The van der Waals surface area contributed by atoms with Gasteiger partial charge in [0.15, 0.2) is 0 Å². The van der Waals surface area contributed by atoms with E-state index in [2.05, 4.69) is 0 Å². The third kappa shape index (κ3) is 2.99. The normalized spacial score (nSPS) is 30.7. The maximum Gasteiger partial charge on any atom is 0.251 e. The van der Waals surface area contributed by atoms with E-state index in [1.807, 2.05) is 4.90 Å². The molecule has 3 heterocycles. The number of amides is 2. The molecule has 6 nitrogen and oxygen atoms in total. The topological polar surface area (TPSA) is 59.1 Å². The minimum atomic E-state index is -0.305. The van der Waals surface area contributed by atoms with Crippen molar-refractivity contribution in [1.29, 1.82) is 0 Å². The zero-order valence-corrected chi connectivity index (χ0v) is 13.5. The van der Waals surface area contributed by atoms with E-state index in [-0.39, 0.29) is 29.4 Å². The first kappa shape index (κ1) is 15.7. The summed E-state index contributed by atoms with van der Waals surface area (Å²) >= 11 is 0. The fraction of sp³-hybridized carbons (Fsp3) is 0.875. The predicted molar refractivity (Wildman–Crippen MR) is 80.3 cm³/mol. The van der Waals surface area contributed by atoms with Crippen molar-refractivity contribution in [1.82, 2.24) is 9.80 Å². The van der Waals surface area contributed by atoms with Crippen LogP contribution in [-0.2, 0) is 19.1 Å². The third-order valence-corrected chi connectivity index (χ3v) is 5.24. The summed E-state index contributed by atoms with van der Waals surface area (Å²) in [6.45, 7) is 2.73. The van der Waals surface area contributed by atoms with Crippen LogP contribution in [0, 0.1) is 5.92 Å². The van der Waals surface area contributed by atoms with E-state index in [0.717, 1.165) is 45.2 Å². The van der Waals surface area contributed by atoms with Crippen molar-refractivity contribution in [2.75, 3.05) is 40.4 Å². The van der Waals surface area contributed by atoms with Gasteiger partial charge >= 0.3 is 0 Å². The molecule has 0 aromatic carbocycles. The molecule has 2 atom stereocenters. The second-order valence-corrected chi connectivity index (χ2v) is 6.95. The zero-order valence-electron chi connectivity index (χ0n) is 13.5. The Morgan fingerprint density at radius 1 is 1.14 bits per heavy atom. The van der Waals surface area contributed by atoms with Crippen LogP contribution in [0.15, 0.2) is 0 Å². The molecule has 3 aliphatic rings. The van der Waals surface area contributed by atoms with E-state index in [9.17, 15) is 9.59 Å². The van der Waals surface area contributed by atoms with Crippen LogP contribution in [0.3, 0.4) is 0 Å². The van der Waals surface area contributed by atoms with Crippen LogP contribution in [0.2, 0.25) is 0 Å². The van der Waals surface area contributed by atoms with Crippen molar-refractivity contribution in [2.24, 2.45) is 5.92 Å². The fourth-order valence-electron chi connectivity index (χ4n) is 3.77. The molecular weight excluding hydrogens is 284 g/mol. The van der Waals surface area contributed by atoms with Crippen molar-refractivity contribution in [2.45, 2.75) is 43.8 Å². The van der Waals surface area contributed by atoms with E-state index in [1.165, 1.54) is 0 Å². The Kier molecular flexibility index (Phi) is 4.41. The van der Waals surface area contributed by atoms with Crippen molar-refractivity contribution >= 4 is 11.8 Å². The summed E-state index contributed by atoms with van der Waals surface area (Å²) in [4.78, 5) is 28.0. The monoisotopic (exact) mass is 310 g/mol. The lowest BCUT2D eigenvalue weighted by Crippen LogP contribution is -2.49. The summed E-state index contributed by atoms with van der Waals surface area (Å²) in [5, 5.41) is 0. The first-order valence-electron chi connectivity index (χ1n) is 8.26. The highest BCUT2D eigenvalue weighted by Gasteiger charge is 2.46. The highest BCUT2D eigenvalue weighted by Crippen LogP contribution is 2.39. The number of ether oxygens (including phenoxy) is 2. The molecule has 3 rings (SSSR count). The number of hydrogen-bond acceptors (Lipinski definition) is 4. The molecular formula is C16H26N2O4. The summed E-state index contributed by atoms with van der Waals surface area (Å²) in [5.41, 5.74) is -0.195. The van der Waals surface area contributed by atoms with Crippen LogP contribution >= 0.6 is 0 Å². The number of carbonyl (C=O) groups excluding carboxylic acids is 2. The molecule has 3 fully saturated rings. The van der Waals surface area contributed by atoms with Gasteiger partial charge in [-0.15, -0.1) is 0 Å². The number of hydrogen-bond donors (Lipinski definition) is 0. The number of piperidine rings is 1. The highest BCUT2D eigenvalue weighted by atomic mass is 16.5. The largest absolute Gasteiger partial charge is 0.381 e. The fourth-order valence-corrected chi connectivity index (χ4v) is 3.77. The van der Waals surface area contributed by atoms with Crippen LogP contribution in [0.25, 0.3) is 0 Å². The summed E-state index contributed by atoms with van der Waals surface area (Å²) in [7, 11) is 3.53. The molecule has 3 aliphatic heterocycles. The van der Waals surface area contributed by atoms with Crippen LogP contribution in [0.1, 0.15) is 32.1 Å². The molecule has 0 radical (unpaired) electrons. The van der Waals surface area contributed by atoms with Crippen LogP contribution in [0.4, 0.5) is 0 Å². The van der Waals surface area contributed by atoms with Gasteiger partial charge in [0.2, 0.25) is 5.91 Å². The molecule has 124 valence electrons. The minimum Gasteiger partial charge on any atom is -0.381 e. The van der Waals surface area contributed by atoms with Crippen LogP contribution < -0.4 is 0 Å². The lowest BCUT2D eigenvalue weighted by molar-refractivity contribution is -0.152. The Balaban J connectivity index is 1.53. The zero-order chi connectivity index (χ0) is 15.7. The van der Waals surface area contributed by atoms with Crippen molar-refractivity contribution in [3.05, 3.63) is 0 Å². The average Bonchev–Trinajstić information content (AvgIpc) is 3.17. The molecule has 6 heteroatoms. The Hall–Kier alpha value is -1.14.